The van der Waals surface area contributed by atoms with Gasteiger partial charge in [0.1, 0.15) is 0 Å². The number of aryl methyl sites for hydroxylation is 1. The molecule has 0 aliphatic heterocycles. The maximum atomic E-state index is 12.1. The summed E-state index contributed by atoms with van der Waals surface area (Å²) in [4.78, 5) is 11.9. The summed E-state index contributed by atoms with van der Waals surface area (Å²) in [5.41, 5.74) is 1.64. The lowest BCUT2D eigenvalue weighted by Crippen LogP contribution is -2.33. The topological polar surface area (TPSA) is 75.3 Å². The average molecular weight is 383 g/mol. The molecule has 2 aromatic carbocycles. The monoisotopic (exact) mass is 382 g/mol. The van der Waals surface area contributed by atoms with Gasteiger partial charge in [-0.25, -0.2) is 13.1 Å². The Morgan fingerprint density at radius 1 is 1.14 bits per heavy atom. The predicted molar refractivity (Wildman–Crippen MR) is 89.1 cm³/mol. The van der Waals surface area contributed by atoms with Gasteiger partial charge < -0.3 is 5.32 Å². The van der Waals surface area contributed by atoms with Crippen molar-refractivity contribution in [2.24, 2.45) is 0 Å². The van der Waals surface area contributed by atoms with Crippen molar-refractivity contribution < 1.29 is 13.2 Å². The molecule has 0 saturated heterocycles. The van der Waals surface area contributed by atoms with Gasteiger partial charge in [-0.3, -0.25) is 4.79 Å². The summed E-state index contributed by atoms with van der Waals surface area (Å²) in [6.45, 7) is 1.57. The molecule has 0 radical (unpaired) electrons. The van der Waals surface area contributed by atoms with Crippen LogP contribution < -0.4 is 10.0 Å². The van der Waals surface area contributed by atoms with E-state index in [1.165, 1.54) is 6.07 Å². The lowest BCUT2D eigenvalue weighted by molar-refractivity contribution is -0.115. The summed E-state index contributed by atoms with van der Waals surface area (Å²) in [5.74, 6) is -0.429. The first-order valence-electron chi connectivity index (χ1n) is 6.49. The Morgan fingerprint density at radius 2 is 1.86 bits per heavy atom. The van der Waals surface area contributed by atoms with Crippen LogP contribution in [0.25, 0.3) is 0 Å². The molecule has 0 fully saturated rings. The van der Waals surface area contributed by atoms with Crippen molar-refractivity contribution in [1.82, 2.24) is 4.72 Å². The largest absolute Gasteiger partial charge is 0.325 e. The first kappa shape index (κ1) is 16.7. The van der Waals surface area contributed by atoms with Crippen LogP contribution in [0.1, 0.15) is 5.56 Å². The molecule has 2 aromatic rings. The molecular formula is C15H15BrN2O3S. The Labute approximate surface area is 137 Å². The number of carbonyl (C=O) groups is 1. The third kappa shape index (κ3) is 4.40. The van der Waals surface area contributed by atoms with Gasteiger partial charge in [0.05, 0.1) is 11.4 Å². The Morgan fingerprint density at radius 3 is 2.55 bits per heavy atom. The van der Waals surface area contributed by atoms with Crippen molar-refractivity contribution in [3.05, 3.63) is 58.6 Å². The number of hydrogen-bond donors (Lipinski definition) is 2. The molecule has 1 amide bonds. The Hall–Kier alpha value is -1.70. The van der Waals surface area contributed by atoms with E-state index in [2.05, 4.69) is 26.0 Å². The number of sulfonamides is 1. The maximum absolute atomic E-state index is 12.1. The van der Waals surface area contributed by atoms with E-state index in [9.17, 15) is 13.2 Å². The molecule has 0 aromatic heterocycles. The predicted octanol–water partition coefficient (Wildman–Crippen LogP) is 2.67. The van der Waals surface area contributed by atoms with E-state index in [0.29, 0.717) is 10.2 Å². The molecule has 7 heteroatoms. The number of nitrogens with one attached hydrogen (secondary N) is 2. The lowest BCUT2D eigenvalue weighted by Gasteiger charge is -2.09. The third-order valence-corrected chi connectivity index (χ3v) is 5.26. The summed E-state index contributed by atoms with van der Waals surface area (Å²) in [6, 6.07) is 13.7. The van der Waals surface area contributed by atoms with Gasteiger partial charge in [0.2, 0.25) is 15.9 Å². The normalized spacial score (nSPS) is 11.2. The van der Waals surface area contributed by atoms with Gasteiger partial charge in [0, 0.05) is 10.2 Å². The molecule has 0 heterocycles. The summed E-state index contributed by atoms with van der Waals surface area (Å²) < 4.78 is 27.0. The van der Waals surface area contributed by atoms with Crippen LogP contribution in [0.5, 0.6) is 0 Å². The molecule has 2 N–H and O–H groups in total. The zero-order chi connectivity index (χ0) is 16.2. The second-order valence-corrected chi connectivity index (χ2v) is 7.26. The Kier molecular flexibility index (Phi) is 5.33. The first-order valence-corrected chi connectivity index (χ1v) is 8.77. The van der Waals surface area contributed by atoms with Crippen LogP contribution in [0.4, 0.5) is 5.69 Å². The average Bonchev–Trinajstić information content (AvgIpc) is 2.45. The van der Waals surface area contributed by atoms with Crippen molar-refractivity contribution in [2.75, 3.05) is 11.9 Å². The highest BCUT2D eigenvalue weighted by Crippen LogP contribution is 2.20. The Balaban J connectivity index is 2.00. The van der Waals surface area contributed by atoms with Crippen LogP contribution in [-0.2, 0) is 14.8 Å². The van der Waals surface area contributed by atoms with E-state index in [-0.39, 0.29) is 11.4 Å². The van der Waals surface area contributed by atoms with Gasteiger partial charge in [-0.2, -0.15) is 0 Å². The fourth-order valence-electron chi connectivity index (χ4n) is 1.83. The standard InChI is InChI=1S/C15H15BrN2O3S/c1-11-5-4-6-12(9-11)18-15(19)10-17-22(20,21)14-8-3-2-7-13(14)16/h2-9,17H,10H2,1H3,(H,18,19). The van der Waals surface area contributed by atoms with Gasteiger partial charge in [-0.05, 0) is 52.7 Å². The van der Waals surface area contributed by atoms with Gasteiger partial charge in [-0.1, -0.05) is 24.3 Å². The molecule has 5 nitrogen and oxygen atoms in total. The lowest BCUT2D eigenvalue weighted by atomic mass is 10.2. The third-order valence-electron chi connectivity index (χ3n) is 2.85. The molecule has 0 saturated carbocycles. The summed E-state index contributed by atoms with van der Waals surface area (Å²) in [5, 5.41) is 2.64. The number of rotatable bonds is 5. The van der Waals surface area contributed by atoms with Crippen LogP contribution >= 0.6 is 15.9 Å². The fourth-order valence-corrected chi connectivity index (χ4v) is 3.81. The second kappa shape index (κ2) is 7.04. The quantitative estimate of drug-likeness (QED) is 0.834. The molecule has 2 rings (SSSR count). The number of amides is 1. The molecule has 22 heavy (non-hydrogen) atoms. The smallest absolute Gasteiger partial charge is 0.242 e. The van der Waals surface area contributed by atoms with Crippen molar-refractivity contribution in [3.63, 3.8) is 0 Å². The van der Waals surface area contributed by atoms with E-state index < -0.39 is 15.9 Å². The summed E-state index contributed by atoms with van der Waals surface area (Å²) in [7, 11) is -3.74. The zero-order valence-corrected chi connectivity index (χ0v) is 14.2. The minimum absolute atomic E-state index is 0.0957. The zero-order valence-electron chi connectivity index (χ0n) is 11.8. The molecule has 0 bridgehead atoms. The number of benzene rings is 2. The fraction of sp³-hybridized carbons (Fsp3) is 0.133. The number of halogens is 1. The number of hydrogen-bond acceptors (Lipinski definition) is 3. The van der Waals surface area contributed by atoms with Crippen LogP contribution in [-0.4, -0.2) is 20.9 Å². The van der Waals surface area contributed by atoms with Gasteiger partial charge >= 0.3 is 0 Å². The molecule has 0 unspecified atom stereocenters. The van der Waals surface area contributed by atoms with Crippen LogP contribution in [0.15, 0.2) is 57.9 Å². The van der Waals surface area contributed by atoms with Crippen LogP contribution in [0.2, 0.25) is 0 Å². The minimum Gasteiger partial charge on any atom is -0.325 e. The minimum atomic E-state index is -3.74. The number of carbonyl (C=O) groups excluding carboxylic acids is 1. The van der Waals surface area contributed by atoms with Crippen LogP contribution in [0.3, 0.4) is 0 Å². The van der Waals surface area contributed by atoms with Gasteiger partial charge in [0.15, 0.2) is 0 Å². The van der Waals surface area contributed by atoms with E-state index >= 15 is 0 Å². The first-order chi connectivity index (χ1) is 10.4. The van der Waals surface area contributed by atoms with Crippen molar-refractivity contribution in [3.8, 4) is 0 Å². The maximum Gasteiger partial charge on any atom is 0.242 e. The van der Waals surface area contributed by atoms with E-state index in [1.807, 2.05) is 19.1 Å². The van der Waals surface area contributed by atoms with Gasteiger partial charge in [0.25, 0.3) is 0 Å². The molecule has 116 valence electrons. The summed E-state index contributed by atoms with van der Waals surface area (Å²) in [6.07, 6.45) is 0. The van der Waals surface area contributed by atoms with Crippen molar-refractivity contribution in [2.45, 2.75) is 11.8 Å². The van der Waals surface area contributed by atoms with Gasteiger partial charge in [-0.15, -0.1) is 0 Å². The number of anilines is 1. The highest BCUT2D eigenvalue weighted by molar-refractivity contribution is 9.10. The highest BCUT2D eigenvalue weighted by atomic mass is 79.9. The molecular weight excluding hydrogens is 368 g/mol. The molecule has 0 atom stereocenters. The Bertz CT molecular complexity index is 791. The van der Waals surface area contributed by atoms with E-state index in [4.69, 9.17) is 0 Å². The van der Waals surface area contributed by atoms with Crippen molar-refractivity contribution in [1.29, 1.82) is 0 Å². The molecule has 0 aliphatic carbocycles. The van der Waals surface area contributed by atoms with E-state index in [0.717, 1.165) is 5.56 Å². The highest BCUT2D eigenvalue weighted by Gasteiger charge is 2.18. The second-order valence-electron chi connectivity index (χ2n) is 4.67. The molecule has 0 aliphatic rings. The molecule has 0 spiro atoms. The van der Waals surface area contributed by atoms with Crippen LogP contribution in [0, 0.1) is 6.92 Å². The van der Waals surface area contributed by atoms with E-state index in [1.54, 1.807) is 30.3 Å². The summed E-state index contributed by atoms with van der Waals surface area (Å²) >= 11 is 3.18. The van der Waals surface area contributed by atoms with Crippen molar-refractivity contribution >= 4 is 37.5 Å². The SMILES string of the molecule is Cc1cccc(NC(=O)CNS(=O)(=O)c2ccccc2Br)c1.